The molecule has 0 saturated heterocycles. The highest BCUT2D eigenvalue weighted by atomic mass is 19.1. The van der Waals surface area contributed by atoms with E-state index < -0.39 is 11.6 Å². The molecule has 0 spiro atoms. The average Bonchev–Trinajstić information content (AvgIpc) is 2.47. The summed E-state index contributed by atoms with van der Waals surface area (Å²) in [6.07, 6.45) is 0. The number of benzene rings is 2. The third-order valence-electron chi connectivity index (χ3n) is 2.84. The van der Waals surface area contributed by atoms with Crippen molar-refractivity contribution in [1.29, 1.82) is 0 Å². The normalized spacial score (nSPS) is 10.4. The number of methoxy groups -OCH3 is 1. The van der Waals surface area contributed by atoms with E-state index in [9.17, 15) is 8.78 Å². The lowest BCUT2D eigenvalue weighted by atomic mass is 10.2. The van der Waals surface area contributed by atoms with Gasteiger partial charge in [0, 0.05) is 11.1 Å². The summed E-state index contributed by atoms with van der Waals surface area (Å²) in [5.41, 5.74) is 0.630. The van der Waals surface area contributed by atoms with Crippen LogP contribution in [-0.2, 0) is 13.2 Å². The number of halogens is 2. The first-order valence-electron chi connectivity index (χ1n) is 5.99. The third-order valence-corrected chi connectivity index (χ3v) is 2.84. The van der Waals surface area contributed by atoms with Crippen LogP contribution >= 0.6 is 0 Å². The zero-order valence-corrected chi connectivity index (χ0v) is 10.9. The molecule has 2 rings (SSSR count). The van der Waals surface area contributed by atoms with Crippen LogP contribution in [0.5, 0.6) is 11.5 Å². The van der Waals surface area contributed by atoms with Crippen LogP contribution in [0, 0.1) is 11.6 Å². The van der Waals surface area contributed by atoms with E-state index in [1.807, 2.05) is 0 Å². The number of rotatable bonds is 5. The molecule has 0 radical (unpaired) electrons. The summed E-state index contributed by atoms with van der Waals surface area (Å²) in [4.78, 5) is 0. The predicted molar refractivity (Wildman–Crippen MR) is 69.6 cm³/mol. The quantitative estimate of drug-likeness (QED) is 0.915. The molecule has 3 nitrogen and oxygen atoms in total. The topological polar surface area (TPSA) is 38.7 Å². The first-order valence-corrected chi connectivity index (χ1v) is 5.99. The molecule has 2 aromatic carbocycles. The van der Waals surface area contributed by atoms with Gasteiger partial charge in [0.2, 0.25) is 0 Å². The summed E-state index contributed by atoms with van der Waals surface area (Å²) in [5, 5.41) is 9.14. The van der Waals surface area contributed by atoms with Gasteiger partial charge in [-0.2, -0.15) is 0 Å². The Morgan fingerprint density at radius 3 is 2.55 bits per heavy atom. The Bertz CT molecular complexity index is 600. The number of hydrogen-bond donors (Lipinski definition) is 1. The fourth-order valence-electron chi connectivity index (χ4n) is 1.79. The Labute approximate surface area is 115 Å². The second-order valence-electron chi connectivity index (χ2n) is 4.13. The van der Waals surface area contributed by atoms with Crippen molar-refractivity contribution in [2.24, 2.45) is 0 Å². The highest BCUT2D eigenvalue weighted by molar-refractivity contribution is 5.35. The van der Waals surface area contributed by atoms with Crippen molar-refractivity contribution >= 4 is 0 Å². The third kappa shape index (κ3) is 3.05. The van der Waals surface area contributed by atoms with Gasteiger partial charge in [-0.25, -0.2) is 8.78 Å². The molecule has 0 aliphatic carbocycles. The van der Waals surface area contributed by atoms with Gasteiger partial charge in [0.05, 0.1) is 13.7 Å². The van der Waals surface area contributed by atoms with Gasteiger partial charge in [0.15, 0.2) is 11.6 Å². The fraction of sp³-hybridized carbons (Fsp3) is 0.200. The van der Waals surface area contributed by atoms with E-state index >= 15 is 0 Å². The van der Waals surface area contributed by atoms with Gasteiger partial charge in [-0.15, -0.1) is 0 Å². The number of aliphatic hydroxyl groups excluding tert-OH is 1. The molecule has 0 atom stereocenters. The largest absolute Gasteiger partial charge is 0.494 e. The molecule has 5 heteroatoms. The van der Waals surface area contributed by atoms with Gasteiger partial charge in [-0.3, -0.25) is 0 Å². The van der Waals surface area contributed by atoms with Gasteiger partial charge in [-0.1, -0.05) is 12.1 Å². The lowest BCUT2D eigenvalue weighted by Gasteiger charge is -2.12. The van der Waals surface area contributed by atoms with Crippen molar-refractivity contribution in [3.63, 3.8) is 0 Å². The van der Waals surface area contributed by atoms with Gasteiger partial charge < -0.3 is 14.6 Å². The summed E-state index contributed by atoms with van der Waals surface area (Å²) in [5.74, 6) is -0.514. The summed E-state index contributed by atoms with van der Waals surface area (Å²) in [6.45, 7) is -0.394. The molecular formula is C15H14F2O3. The molecule has 0 amide bonds. The molecule has 0 heterocycles. The monoisotopic (exact) mass is 280 g/mol. The lowest BCUT2D eigenvalue weighted by molar-refractivity contribution is 0.255. The molecule has 106 valence electrons. The molecular weight excluding hydrogens is 266 g/mol. The van der Waals surface area contributed by atoms with Crippen LogP contribution in [0.4, 0.5) is 8.78 Å². The molecule has 0 fully saturated rings. The minimum atomic E-state index is -0.498. The molecule has 0 unspecified atom stereocenters. The first kappa shape index (κ1) is 14.3. The van der Waals surface area contributed by atoms with Gasteiger partial charge >= 0.3 is 0 Å². The van der Waals surface area contributed by atoms with Gasteiger partial charge in [0.25, 0.3) is 0 Å². The van der Waals surface area contributed by atoms with Crippen molar-refractivity contribution in [2.45, 2.75) is 13.2 Å². The Morgan fingerprint density at radius 1 is 1.05 bits per heavy atom. The Kier molecular flexibility index (Phi) is 4.53. The number of hydrogen-bond acceptors (Lipinski definition) is 3. The van der Waals surface area contributed by atoms with E-state index in [-0.39, 0.29) is 19.0 Å². The van der Waals surface area contributed by atoms with E-state index in [1.165, 1.54) is 31.4 Å². The zero-order valence-electron chi connectivity index (χ0n) is 10.9. The van der Waals surface area contributed by atoms with Crippen molar-refractivity contribution in [3.05, 3.63) is 59.2 Å². The van der Waals surface area contributed by atoms with Crippen molar-refractivity contribution in [1.82, 2.24) is 0 Å². The molecule has 0 bridgehead atoms. The van der Waals surface area contributed by atoms with E-state index in [4.69, 9.17) is 14.6 Å². The van der Waals surface area contributed by atoms with Crippen LogP contribution in [0.25, 0.3) is 0 Å². The van der Waals surface area contributed by atoms with E-state index in [2.05, 4.69) is 0 Å². The maximum absolute atomic E-state index is 13.9. The number of aliphatic hydroxyl groups is 1. The Morgan fingerprint density at radius 2 is 1.85 bits per heavy atom. The lowest BCUT2D eigenvalue weighted by Crippen LogP contribution is -2.02. The smallest absolute Gasteiger partial charge is 0.171 e. The molecule has 0 aromatic heterocycles. The average molecular weight is 280 g/mol. The molecule has 20 heavy (non-hydrogen) atoms. The minimum Gasteiger partial charge on any atom is -0.494 e. The van der Waals surface area contributed by atoms with Crippen molar-refractivity contribution in [3.8, 4) is 11.5 Å². The second kappa shape index (κ2) is 6.34. The molecule has 2 aromatic rings. The minimum absolute atomic E-state index is 0.0400. The van der Waals surface area contributed by atoms with Gasteiger partial charge in [-0.05, 0) is 24.3 Å². The van der Waals surface area contributed by atoms with Crippen molar-refractivity contribution < 1.29 is 23.4 Å². The van der Waals surface area contributed by atoms with Crippen LogP contribution < -0.4 is 9.47 Å². The fourth-order valence-corrected chi connectivity index (χ4v) is 1.79. The highest BCUT2D eigenvalue weighted by Gasteiger charge is 2.10. The number of ether oxygens (including phenoxy) is 2. The van der Waals surface area contributed by atoms with E-state index in [0.717, 1.165) is 0 Å². The summed E-state index contributed by atoms with van der Waals surface area (Å²) in [7, 11) is 1.38. The van der Waals surface area contributed by atoms with Crippen LogP contribution in [0.3, 0.4) is 0 Å². The second-order valence-corrected chi connectivity index (χ2v) is 4.13. The molecule has 0 aliphatic heterocycles. The summed E-state index contributed by atoms with van der Waals surface area (Å²) in [6, 6.07) is 8.53. The van der Waals surface area contributed by atoms with Crippen LogP contribution in [0.1, 0.15) is 11.1 Å². The zero-order chi connectivity index (χ0) is 14.5. The maximum atomic E-state index is 13.9. The summed E-state index contributed by atoms with van der Waals surface area (Å²) < 4.78 is 37.2. The van der Waals surface area contributed by atoms with Crippen LogP contribution in [-0.4, -0.2) is 12.2 Å². The highest BCUT2D eigenvalue weighted by Crippen LogP contribution is 2.24. The first-order chi connectivity index (χ1) is 9.65. The SMILES string of the molecule is COc1cccc(COc2ccc(F)cc2CO)c1F. The predicted octanol–water partition coefficient (Wildman–Crippen LogP) is 3.04. The standard InChI is InChI=1S/C15H14F2O3/c1-19-14-4-2-3-10(15(14)17)9-20-13-6-5-12(16)7-11(13)8-18/h2-7,18H,8-9H2,1H3. The Hall–Kier alpha value is -2.14. The Balaban J connectivity index is 2.17. The van der Waals surface area contributed by atoms with E-state index in [0.29, 0.717) is 16.9 Å². The van der Waals surface area contributed by atoms with Crippen LogP contribution in [0.2, 0.25) is 0 Å². The maximum Gasteiger partial charge on any atom is 0.171 e. The molecule has 0 aliphatic rings. The van der Waals surface area contributed by atoms with E-state index in [1.54, 1.807) is 12.1 Å². The van der Waals surface area contributed by atoms with Gasteiger partial charge in [0.1, 0.15) is 18.2 Å². The summed E-state index contributed by atoms with van der Waals surface area (Å²) >= 11 is 0. The van der Waals surface area contributed by atoms with Crippen molar-refractivity contribution in [2.75, 3.05) is 7.11 Å². The molecule has 1 N–H and O–H groups in total. The molecule has 0 saturated carbocycles. The van der Waals surface area contributed by atoms with Crippen LogP contribution in [0.15, 0.2) is 36.4 Å².